The fraction of sp³-hybridized carbons (Fsp3) is 0.404. The monoisotopic (exact) mass is 944 g/mol. The zero-order valence-corrected chi connectivity index (χ0v) is 39.3. The van der Waals surface area contributed by atoms with Crippen LogP contribution in [0.15, 0.2) is 89.7 Å². The van der Waals surface area contributed by atoms with E-state index in [4.69, 9.17) is 37.4 Å². The summed E-state index contributed by atoms with van der Waals surface area (Å²) in [6, 6.07) is 19.9. The number of morpholine rings is 1. The molecule has 3 aliphatic rings. The summed E-state index contributed by atoms with van der Waals surface area (Å²) >= 11 is 12.7. The molecule has 18 heteroatoms. The number of ether oxygens (including phenoxy) is 3. The van der Waals surface area contributed by atoms with Crippen molar-refractivity contribution in [1.29, 1.82) is 0 Å². The third kappa shape index (κ3) is 11.2. The van der Waals surface area contributed by atoms with Crippen molar-refractivity contribution in [2.75, 3.05) is 84.6 Å². The lowest BCUT2D eigenvalue weighted by atomic mass is 9.72. The second kappa shape index (κ2) is 19.7. The summed E-state index contributed by atoms with van der Waals surface area (Å²) in [5, 5.41) is 0.647. The minimum atomic E-state index is -4.48. The number of anilines is 1. The number of nitrogens with zero attached hydrogens (tertiary/aromatic N) is 6. The molecular formula is C47H54Cl2N8O7S. The van der Waals surface area contributed by atoms with Crippen LogP contribution >= 0.6 is 23.2 Å². The number of hydrogen-bond acceptors (Lipinski definition) is 12. The van der Waals surface area contributed by atoms with Crippen LogP contribution in [0, 0.1) is 5.41 Å². The molecule has 2 saturated heterocycles. The van der Waals surface area contributed by atoms with E-state index < -0.39 is 22.0 Å². The van der Waals surface area contributed by atoms with Crippen molar-refractivity contribution in [2.24, 2.45) is 5.41 Å². The molecule has 0 saturated carbocycles. The van der Waals surface area contributed by atoms with Crippen LogP contribution in [0.2, 0.25) is 10.0 Å². The molecule has 344 valence electrons. The first-order valence-electron chi connectivity index (χ1n) is 21.7. The topological polar surface area (TPSA) is 163 Å². The Hall–Kier alpha value is -5.23. The van der Waals surface area contributed by atoms with Crippen molar-refractivity contribution in [3.63, 3.8) is 0 Å². The Morgan fingerprint density at radius 2 is 1.77 bits per heavy atom. The number of aromatic nitrogens is 3. The van der Waals surface area contributed by atoms with Gasteiger partial charge in [-0.2, -0.15) is 0 Å². The lowest BCUT2D eigenvalue weighted by Gasteiger charge is -2.39. The van der Waals surface area contributed by atoms with Gasteiger partial charge in [-0.3, -0.25) is 14.5 Å². The Bertz CT molecular complexity index is 2680. The van der Waals surface area contributed by atoms with Gasteiger partial charge in [-0.25, -0.2) is 23.1 Å². The number of rotatable bonds is 14. The SMILES string of the molecule is CN(C)CC(=O)N1CCO[C@@H](COc2ncc(S(=O)(=O)NC(=O)c3ccc(N4CCN(CC5=C(c6ccc(Cl)cc6)CC(C)(C)CC5)CC4)cc3Oc3cccc4[nH]cnc34)cc2Cl)C1. The molecule has 5 aromatic rings. The quantitative estimate of drug-likeness (QED) is 0.116. The summed E-state index contributed by atoms with van der Waals surface area (Å²) in [4.78, 5) is 46.1. The Balaban J connectivity index is 0.962. The summed E-state index contributed by atoms with van der Waals surface area (Å²) in [6.45, 7) is 10.2. The minimum Gasteiger partial charge on any atom is -0.474 e. The lowest BCUT2D eigenvalue weighted by Crippen LogP contribution is -2.49. The number of imidazole rings is 1. The number of likely N-dealkylation sites (N-methyl/N-ethyl adjacent to an activating group) is 1. The van der Waals surface area contributed by atoms with Gasteiger partial charge in [0.05, 0.1) is 43.3 Å². The Kier molecular flexibility index (Phi) is 14.0. The van der Waals surface area contributed by atoms with Crippen LogP contribution in [-0.4, -0.2) is 136 Å². The number of para-hydroxylation sites is 1. The number of nitrogens with one attached hydrogen (secondary N) is 2. The molecule has 0 unspecified atom stereocenters. The standard InChI is InChI=1S/C47H54Cl2N8O7S/c1-47(2)15-14-32(38(24-47)31-8-10-33(48)11-9-31)26-55-16-18-56(19-17-55)34-12-13-37(42(22-34)64-41-7-5-6-40-44(41)52-30-51-40)45(59)53-65(60,61)36-23-39(49)46(50-25-36)63-29-35-27-57(20-21-62-35)43(58)28-54(3)4/h5-13,22-23,25,30,35H,14-21,24,26-29H2,1-4H3,(H,51,52)(H,53,59)/t35-/m1/s1. The third-order valence-electron chi connectivity index (χ3n) is 12.0. The van der Waals surface area contributed by atoms with E-state index in [9.17, 15) is 18.0 Å². The lowest BCUT2D eigenvalue weighted by molar-refractivity contribution is -0.140. The molecule has 8 rings (SSSR count). The van der Waals surface area contributed by atoms with Gasteiger partial charge in [-0.15, -0.1) is 0 Å². The first-order valence-corrected chi connectivity index (χ1v) is 23.9. The molecule has 1 aliphatic carbocycles. The van der Waals surface area contributed by atoms with E-state index in [1.165, 1.54) is 16.7 Å². The van der Waals surface area contributed by atoms with E-state index in [1.54, 1.807) is 40.4 Å². The van der Waals surface area contributed by atoms with Crippen molar-refractivity contribution in [1.82, 2.24) is 34.4 Å². The van der Waals surface area contributed by atoms with E-state index >= 15 is 0 Å². The molecular weight excluding hydrogens is 892 g/mol. The molecule has 2 fully saturated rings. The Labute approximate surface area is 389 Å². The van der Waals surface area contributed by atoms with E-state index in [2.05, 4.69) is 55.5 Å². The molecule has 0 bridgehead atoms. The highest BCUT2D eigenvalue weighted by Crippen LogP contribution is 2.43. The van der Waals surface area contributed by atoms with Crippen molar-refractivity contribution >= 4 is 67.3 Å². The van der Waals surface area contributed by atoms with Gasteiger partial charge >= 0.3 is 0 Å². The highest BCUT2D eigenvalue weighted by Gasteiger charge is 2.31. The van der Waals surface area contributed by atoms with Crippen molar-refractivity contribution in [3.05, 3.63) is 106 Å². The molecule has 0 radical (unpaired) electrons. The predicted molar refractivity (Wildman–Crippen MR) is 252 cm³/mol. The van der Waals surface area contributed by atoms with Crippen molar-refractivity contribution in [2.45, 2.75) is 44.1 Å². The maximum Gasteiger partial charge on any atom is 0.268 e. The van der Waals surface area contributed by atoms with Gasteiger partial charge in [-0.1, -0.05) is 60.8 Å². The summed E-state index contributed by atoms with van der Waals surface area (Å²) < 4.78 is 47.6. The zero-order valence-electron chi connectivity index (χ0n) is 37.0. The molecule has 4 heterocycles. The first-order chi connectivity index (χ1) is 31.1. The van der Waals surface area contributed by atoms with E-state index in [0.29, 0.717) is 31.0 Å². The Morgan fingerprint density at radius 1 is 0.985 bits per heavy atom. The summed E-state index contributed by atoms with van der Waals surface area (Å²) in [7, 11) is -0.823. The van der Waals surface area contributed by atoms with Gasteiger partial charge in [0, 0.05) is 56.0 Å². The largest absolute Gasteiger partial charge is 0.474 e. The molecule has 65 heavy (non-hydrogen) atoms. The smallest absolute Gasteiger partial charge is 0.268 e. The first kappa shape index (κ1) is 46.3. The van der Waals surface area contributed by atoms with Crippen LogP contribution < -0.4 is 19.1 Å². The summed E-state index contributed by atoms with van der Waals surface area (Å²) in [5.41, 5.74) is 6.46. The molecule has 2 amide bonds. The van der Waals surface area contributed by atoms with Crippen LogP contribution in [0.25, 0.3) is 16.6 Å². The number of sulfonamides is 1. The van der Waals surface area contributed by atoms with E-state index in [-0.39, 0.29) is 51.6 Å². The maximum atomic E-state index is 14.0. The van der Waals surface area contributed by atoms with Gasteiger partial charge in [-0.05, 0) is 92.4 Å². The molecule has 2 N–H and O–H groups in total. The molecule has 1 atom stereocenters. The van der Waals surface area contributed by atoms with Crippen LogP contribution in [-0.2, 0) is 19.6 Å². The number of fused-ring (bicyclic) bond motifs is 1. The third-order valence-corrected chi connectivity index (χ3v) is 13.9. The number of amides is 2. The number of piperazine rings is 1. The maximum absolute atomic E-state index is 14.0. The number of H-pyrrole nitrogens is 1. The van der Waals surface area contributed by atoms with Gasteiger partial charge in [0.2, 0.25) is 11.8 Å². The van der Waals surface area contributed by atoms with Crippen molar-refractivity contribution < 1.29 is 32.2 Å². The van der Waals surface area contributed by atoms with Crippen LogP contribution in [0.3, 0.4) is 0 Å². The number of aromatic amines is 1. The van der Waals surface area contributed by atoms with Gasteiger partial charge in [0.15, 0.2) is 5.75 Å². The predicted octanol–water partition coefficient (Wildman–Crippen LogP) is 7.13. The van der Waals surface area contributed by atoms with Gasteiger partial charge in [0.1, 0.15) is 33.9 Å². The van der Waals surface area contributed by atoms with Crippen LogP contribution in [0.5, 0.6) is 17.4 Å². The van der Waals surface area contributed by atoms with Crippen LogP contribution in [0.1, 0.15) is 49.0 Å². The average molecular weight is 946 g/mol. The molecule has 0 spiro atoms. The molecule has 2 aliphatic heterocycles. The van der Waals surface area contributed by atoms with Gasteiger partial charge < -0.3 is 33.9 Å². The number of benzene rings is 3. The fourth-order valence-electron chi connectivity index (χ4n) is 8.50. The fourth-order valence-corrected chi connectivity index (χ4v) is 9.85. The number of halogens is 2. The normalized spacial score (nSPS) is 18.3. The number of hydrogen-bond donors (Lipinski definition) is 2. The summed E-state index contributed by atoms with van der Waals surface area (Å²) in [5.74, 6) is -0.407. The van der Waals surface area contributed by atoms with E-state index in [0.717, 1.165) is 80.5 Å². The average Bonchev–Trinajstić information content (AvgIpc) is 3.77. The Morgan fingerprint density at radius 3 is 2.52 bits per heavy atom. The van der Waals surface area contributed by atoms with Gasteiger partial charge in [0.25, 0.3) is 15.9 Å². The number of carbonyl (C=O) groups excluding carboxylic acids is 2. The molecule has 2 aromatic heterocycles. The number of allylic oxidation sites excluding steroid dienone is 1. The minimum absolute atomic E-state index is 0.00464. The second-order valence-corrected chi connectivity index (χ2v) is 20.3. The summed E-state index contributed by atoms with van der Waals surface area (Å²) in [6.07, 6.45) is 5.39. The van der Waals surface area contributed by atoms with E-state index in [1.807, 2.05) is 38.4 Å². The number of pyridine rings is 1. The van der Waals surface area contributed by atoms with Crippen molar-refractivity contribution in [3.8, 4) is 17.4 Å². The highest BCUT2D eigenvalue weighted by atomic mass is 35.5. The molecule has 15 nitrogen and oxygen atoms in total. The van der Waals surface area contributed by atoms with Crippen LogP contribution in [0.4, 0.5) is 5.69 Å². The highest BCUT2D eigenvalue weighted by molar-refractivity contribution is 7.90. The zero-order chi connectivity index (χ0) is 45.9. The second-order valence-electron chi connectivity index (χ2n) is 17.8. The number of carbonyl (C=O) groups is 2. The molecule has 3 aromatic carbocycles.